The Morgan fingerprint density at radius 2 is 2.13 bits per heavy atom. The Labute approximate surface area is 96.3 Å². The molecule has 0 saturated heterocycles. The quantitative estimate of drug-likeness (QED) is 0.861. The molecule has 0 amide bonds. The smallest absolute Gasteiger partial charge is 0.218 e. The van der Waals surface area contributed by atoms with E-state index in [1.165, 1.54) is 0 Å². The summed E-state index contributed by atoms with van der Waals surface area (Å²) < 4.78 is 2.57. The van der Waals surface area contributed by atoms with Gasteiger partial charge in [0.1, 0.15) is 0 Å². The molecule has 0 aliphatic carbocycles. The van der Waals surface area contributed by atoms with Crippen molar-refractivity contribution in [2.75, 3.05) is 5.73 Å². The summed E-state index contributed by atoms with van der Waals surface area (Å²) in [6.45, 7) is 2.02. The van der Waals surface area contributed by atoms with Crippen molar-refractivity contribution in [2.45, 2.75) is 6.92 Å². The third-order valence-corrected chi connectivity index (χ3v) is 2.73. The molecule has 1 heterocycles. The highest BCUT2D eigenvalue weighted by Crippen LogP contribution is 2.24. The van der Waals surface area contributed by atoms with E-state index >= 15 is 0 Å². The number of hydrogen-bond donors (Lipinski definition) is 1. The molecule has 0 fully saturated rings. The molecule has 78 valence electrons. The highest BCUT2D eigenvalue weighted by molar-refractivity contribution is 9.10. The van der Waals surface area contributed by atoms with Gasteiger partial charge >= 0.3 is 0 Å². The van der Waals surface area contributed by atoms with Gasteiger partial charge in [-0.25, -0.2) is 4.68 Å². The van der Waals surface area contributed by atoms with E-state index in [0.29, 0.717) is 11.8 Å². The van der Waals surface area contributed by atoms with Crippen molar-refractivity contribution in [1.29, 1.82) is 0 Å². The normalized spacial score (nSPS) is 10.6. The van der Waals surface area contributed by atoms with Gasteiger partial charge in [0.05, 0.1) is 0 Å². The van der Waals surface area contributed by atoms with E-state index < -0.39 is 0 Å². The molecule has 1 aromatic carbocycles. The van der Waals surface area contributed by atoms with Gasteiger partial charge in [-0.05, 0) is 24.6 Å². The summed E-state index contributed by atoms with van der Waals surface area (Å²) >= 11 is 3.43. The first-order valence-corrected chi connectivity index (χ1v) is 5.30. The number of nitrogen functional groups attached to an aromatic ring is 1. The Morgan fingerprint density at radius 1 is 1.40 bits per heavy atom. The lowest BCUT2D eigenvalue weighted by Crippen LogP contribution is -1.97. The van der Waals surface area contributed by atoms with Crippen LogP contribution in [0.5, 0.6) is 0 Å². The van der Waals surface area contributed by atoms with Crippen LogP contribution in [0, 0.1) is 6.92 Å². The Morgan fingerprint density at radius 3 is 2.73 bits per heavy atom. The standard InChI is InChI=1S/C10H11BrN4/c1-6-3-4-7(11)5-8(6)9-13-10(12)15(2)14-9/h3-5H,1-2H3,(H2,12,13,14). The summed E-state index contributed by atoms with van der Waals surface area (Å²) in [6.07, 6.45) is 0. The fraction of sp³-hybridized carbons (Fsp3) is 0.200. The molecule has 0 spiro atoms. The average molecular weight is 267 g/mol. The number of halogens is 1. The van der Waals surface area contributed by atoms with Gasteiger partial charge in [0.2, 0.25) is 5.95 Å². The number of aryl methyl sites for hydroxylation is 2. The van der Waals surface area contributed by atoms with E-state index in [1.54, 1.807) is 11.7 Å². The summed E-state index contributed by atoms with van der Waals surface area (Å²) in [5.74, 6) is 1.08. The van der Waals surface area contributed by atoms with Crippen molar-refractivity contribution in [1.82, 2.24) is 14.8 Å². The van der Waals surface area contributed by atoms with E-state index in [1.807, 2.05) is 25.1 Å². The minimum Gasteiger partial charge on any atom is -0.368 e. The summed E-state index contributed by atoms with van der Waals surface area (Å²) in [5, 5.41) is 4.24. The first-order valence-electron chi connectivity index (χ1n) is 4.51. The second-order valence-corrected chi connectivity index (χ2v) is 4.29. The fourth-order valence-corrected chi connectivity index (χ4v) is 1.71. The van der Waals surface area contributed by atoms with Gasteiger partial charge in [0.15, 0.2) is 5.82 Å². The lowest BCUT2D eigenvalue weighted by Gasteiger charge is -2.01. The van der Waals surface area contributed by atoms with Crippen molar-refractivity contribution in [2.24, 2.45) is 7.05 Å². The van der Waals surface area contributed by atoms with Crippen LogP contribution < -0.4 is 5.73 Å². The SMILES string of the molecule is Cc1ccc(Br)cc1-c1nc(N)n(C)n1. The Hall–Kier alpha value is -1.36. The van der Waals surface area contributed by atoms with Gasteiger partial charge in [-0.15, -0.1) is 5.10 Å². The zero-order valence-electron chi connectivity index (χ0n) is 8.53. The molecule has 15 heavy (non-hydrogen) atoms. The van der Waals surface area contributed by atoms with Crippen molar-refractivity contribution < 1.29 is 0 Å². The molecule has 2 rings (SSSR count). The van der Waals surface area contributed by atoms with Crippen molar-refractivity contribution in [3.63, 3.8) is 0 Å². The first kappa shape index (κ1) is 10.2. The molecule has 5 heteroatoms. The van der Waals surface area contributed by atoms with Crippen LogP contribution in [0.15, 0.2) is 22.7 Å². The third kappa shape index (κ3) is 1.87. The molecule has 2 N–H and O–H groups in total. The molecule has 0 radical (unpaired) electrons. The van der Waals surface area contributed by atoms with E-state index in [-0.39, 0.29) is 0 Å². The molecule has 0 aliphatic heterocycles. The van der Waals surface area contributed by atoms with Crippen molar-refractivity contribution >= 4 is 21.9 Å². The molecule has 0 atom stereocenters. The summed E-state index contributed by atoms with van der Waals surface area (Å²) in [6, 6.07) is 6.00. The lowest BCUT2D eigenvalue weighted by atomic mass is 10.1. The Bertz CT molecular complexity index is 485. The lowest BCUT2D eigenvalue weighted by molar-refractivity contribution is 0.780. The second kappa shape index (κ2) is 3.66. The maximum atomic E-state index is 5.64. The highest BCUT2D eigenvalue weighted by Gasteiger charge is 2.09. The molecular formula is C10H11BrN4. The van der Waals surface area contributed by atoms with Crippen LogP contribution in [-0.4, -0.2) is 14.8 Å². The number of benzene rings is 1. The molecule has 0 bridgehead atoms. The predicted octanol–water partition coefficient (Wildman–Crippen LogP) is 2.14. The monoisotopic (exact) mass is 266 g/mol. The van der Waals surface area contributed by atoms with Crippen LogP contribution >= 0.6 is 15.9 Å². The third-order valence-electron chi connectivity index (χ3n) is 2.24. The van der Waals surface area contributed by atoms with Crippen LogP contribution in [0.4, 0.5) is 5.95 Å². The van der Waals surface area contributed by atoms with Gasteiger partial charge in [0, 0.05) is 17.1 Å². The number of rotatable bonds is 1. The van der Waals surface area contributed by atoms with Crippen LogP contribution in [0.3, 0.4) is 0 Å². The van der Waals surface area contributed by atoms with Gasteiger partial charge in [-0.3, -0.25) is 0 Å². The molecular weight excluding hydrogens is 256 g/mol. The van der Waals surface area contributed by atoms with Crippen molar-refractivity contribution in [3.8, 4) is 11.4 Å². The second-order valence-electron chi connectivity index (χ2n) is 3.38. The van der Waals surface area contributed by atoms with Crippen LogP contribution in [0.1, 0.15) is 5.56 Å². The summed E-state index contributed by atoms with van der Waals surface area (Å²) in [5.41, 5.74) is 7.77. The maximum absolute atomic E-state index is 5.64. The van der Waals surface area contributed by atoms with Gasteiger partial charge in [0.25, 0.3) is 0 Å². The van der Waals surface area contributed by atoms with Crippen LogP contribution in [-0.2, 0) is 7.05 Å². The molecule has 0 saturated carbocycles. The van der Waals surface area contributed by atoms with E-state index in [4.69, 9.17) is 5.73 Å². The topological polar surface area (TPSA) is 56.7 Å². The number of hydrogen-bond acceptors (Lipinski definition) is 3. The molecule has 0 unspecified atom stereocenters. The highest BCUT2D eigenvalue weighted by atomic mass is 79.9. The summed E-state index contributed by atoms with van der Waals surface area (Å²) in [7, 11) is 1.78. The zero-order valence-corrected chi connectivity index (χ0v) is 10.1. The zero-order chi connectivity index (χ0) is 11.0. The Balaban J connectivity index is 2.58. The van der Waals surface area contributed by atoms with Gasteiger partial charge in [-0.2, -0.15) is 4.98 Å². The minimum atomic E-state index is 0.421. The maximum Gasteiger partial charge on any atom is 0.218 e. The largest absolute Gasteiger partial charge is 0.368 e. The molecule has 0 aliphatic rings. The Kier molecular flexibility index (Phi) is 2.48. The first-order chi connectivity index (χ1) is 7.08. The molecule has 4 nitrogen and oxygen atoms in total. The van der Waals surface area contributed by atoms with Gasteiger partial charge in [-0.1, -0.05) is 22.0 Å². The summed E-state index contributed by atoms with van der Waals surface area (Å²) in [4.78, 5) is 4.19. The fourth-order valence-electron chi connectivity index (χ4n) is 1.35. The van der Waals surface area contributed by atoms with E-state index in [2.05, 4.69) is 26.0 Å². The number of nitrogens with zero attached hydrogens (tertiary/aromatic N) is 3. The van der Waals surface area contributed by atoms with Crippen LogP contribution in [0.25, 0.3) is 11.4 Å². The van der Waals surface area contributed by atoms with Gasteiger partial charge < -0.3 is 5.73 Å². The van der Waals surface area contributed by atoms with Crippen molar-refractivity contribution in [3.05, 3.63) is 28.2 Å². The minimum absolute atomic E-state index is 0.421. The predicted molar refractivity (Wildman–Crippen MR) is 63.3 cm³/mol. The number of nitrogens with two attached hydrogens (primary N) is 1. The average Bonchev–Trinajstić information content (AvgIpc) is 2.51. The molecule has 1 aromatic heterocycles. The van der Waals surface area contributed by atoms with E-state index in [9.17, 15) is 0 Å². The van der Waals surface area contributed by atoms with Crippen LogP contribution in [0.2, 0.25) is 0 Å². The molecule has 2 aromatic rings. The number of anilines is 1. The number of aromatic nitrogens is 3. The van der Waals surface area contributed by atoms with E-state index in [0.717, 1.165) is 15.6 Å².